The standard InChI is InChI=1S/C27H47NO21/c1-7(33)28-12-15(36)13(34)8(3-29)43-24(12)49-23-14(35)9(4-30)44-27(20(23)41)48-22-11(6-32)46-26(19(40)17(22)38)47-21-10(5-31)45-25(42-2)18(39)16(21)37/h8-27,29-32,34-41H,3-6H2,1-2H3,(H,28,33). The van der Waals surface area contributed by atoms with E-state index in [1.54, 1.807) is 0 Å². The second-order valence-corrected chi connectivity index (χ2v) is 12.1. The number of amides is 1. The molecule has 4 aliphatic rings. The lowest BCUT2D eigenvalue weighted by Crippen LogP contribution is -2.69. The third kappa shape index (κ3) is 8.50. The van der Waals surface area contributed by atoms with Gasteiger partial charge in [0.2, 0.25) is 5.91 Å². The predicted octanol–water partition coefficient (Wildman–Crippen LogP) is -8.95. The number of ether oxygens (including phenoxy) is 8. The van der Waals surface area contributed by atoms with E-state index in [-0.39, 0.29) is 0 Å². The Labute approximate surface area is 278 Å². The molecule has 20 unspecified atom stereocenters. The first-order valence-corrected chi connectivity index (χ1v) is 15.5. The molecule has 13 N–H and O–H groups in total. The van der Waals surface area contributed by atoms with Crippen LogP contribution in [0.15, 0.2) is 0 Å². The Kier molecular flexibility index (Phi) is 14.4. The number of nitrogens with one attached hydrogen (secondary N) is 1. The van der Waals surface area contributed by atoms with Crippen LogP contribution in [-0.4, -0.2) is 223 Å². The first-order valence-electron chi connectivity index (χ1n) is 15.5. The topological polar surface area (TPSA) is 346 Å². The van der Waals surface area contributed by atoms with Gasteiger partial charge in [0.05, 0.1) is 26.4 Å². The third-order valence-electron chi connectivity index (χ3n) is 8.82. The summed E-state index contributed by atoms with van der Waals surface area (Å²) in [6, 6.07) is -1.48. The highest BCUT2D eigenvalue weighted by atomic mass is 16.8. The van der Waals surface area contributed by atoms with Gasteiger partial charge in [-0.15, -0.1) is 0 Å². The van der Waals surface area contributed by atoms with Crippen molar-refractivity contribution in [2.24, 2.45) is 0 Å². The summed E-state index contributed by atoms with van der Waals surface area (Å²) in [5, 5.41) is 128. The lowest BCUT2D eigenvalue weighted by molar-refractivity contribution is -0.386. The van der Waals surface area contributed by atoms with Gasteiger partial charge in [-0.1, -0.05) is 0 Å². The highest BCUT2D eigenvalue weighted by molar-refractivity contribution is 5.73. The van der Waals surface area contributed by atoms with E-state index in [1.807, 2.05) is 0 Å². The Bertz CT molecular complexity index is 1040. The molecule has 20 atom stereocenters. The number of rotatable bonds is 12. The van der Waals surface area contributed by atoms with Crippen molar-refractivity contribution in [2.75, 3.05) is 33.5 Å². The summed E-state index contributed by atoms with van der Waals surface area (Å²) >= 11 is 0. The van der Waals surface area contributed by atoms with Crippen molar-refractivity contribution in [2.45, 2.75) is 130 Å². The molecule has 4 fully saturated rings. The summed E-state index contributed by atoms with van der Waals surface area (Å²) < 4.78 is 43.9. The predicted molar refractivity (Wildman–Crippen MR) is 150 cm³/mol. The molecule has 4 rings (SSSR count). The quantitative estimate of drug-likeness (QED) is 0.0889. The van der Waals surface area contributed by atoms with Crippen LogP contribution in [0.25, 0.3) is 0 Å². The van der Waals surface area contributed by atoms with Gasteiger partial charge in [0.15, 0.2) is 25.2 Å². The van der Waals surface area contributed by atoms with Gasteiger partial charge in [0.1, 0.15) is 97.6 Å². The molecule has 4 heterocycles. The molecule has 0 saturated carbocycles. The van der Waals surface area contributed by atoms with E-state index in [4.69, 9.17) is 37.9 Å². The first kappa shape index (κ1) is 40.4. The van der Waals surface area contributed by atoms with Crippen LogP contribution < -0.4 is 5.32 Å². The van der Waals surface area contributed by atoms with Crippen molar-refractivity contribution in [1.82, 2.24) is 5.32 Å². The summed E-state index contributed by atoms with van der Waals surface area (Å²) in [7, 11) is 1.19. The van der Waals surface area contributed by atoms with Crippen LogP contribution in [0.2, 0.25) is 0 Å². The van der Waals surface area contributed by atoms with E-state index in [0.717, 1.165) is 6.92 Å². The number of aliphatic hydroxyl groups excluding tert-OH is 12. The van der Waals surface area contributed by atoms with Gasteiger partial charge in [-0.3, -0.25) is 4.79 Å². The monoisotopic (exact) mass is 721 g/mol. The van der Waals surface area contributed by atoms with Crippen LogP contribution in [0.1, 0.15) is 6.92 Å². The maximum absolute atomic E-state index is 11.8. The van der Waals surface area contributed by atoms with E-state index >= 15 is 0 Å². The van der Waals surface area contributed by atoms with Crippen LogP contribution in [0, 0.1) is 0 Å². The van der Waals surface area contributed by atoms with Crippen molar-refractivity contribution in [1.29, 1.82) is 0 Å². The van der Waals surface area contributed by atoms with Crippen molar-refractivity contribution in [3.8, 4) is 0 Å². The first-order chi connectivity index (χ1) is 23.2. The number of hydrogen-bond donors (Lipinski definition) is 13. The Hall–Kier alpha value is -1.33. The second-order valence-electron chi connectivity index (χ2n) is 12.1. The summed E-state index contributed by atoms with van der Waals surface area (Å²) in [4.78, 5) is 11.8. The van der Waals surface area contributed by atoms with Crippen molar-refractivity contribution in [3.63, 3.8) is 0 Å². The number of aliphatic hydroxyl groups is 12. The van der Waals surface area contributed by atoms with Gasteiger partial charge in [-0.05, 0) is 0 Å². The van der Waals surface area contributed by atoms with Crippen molar-refractivity contribution in [3.05, 3.63) is 0 Å². The third-order valence-corrected chi connectivity index (χ3v) is 8.82. The Morgan fingerprint density at radius 1 is 0.510 bits per heavy atom. The molecule has 0 radical (unpaired) electrons. The Morgan fingerprint density at radius 2 is 0.918 bits per heavy atom. The van der Waals surface area contributed by atoms with Crippen molar-refractivity contribution >= 4 is 5.91 Å². The van der Waals surface area contributed by atoms with Gasteiger partial charge >= 0.3 is 0 Å². The van der Waals surface area contributed by atoms with Crippen LogP contribution >= 0.6 is 0 Å². The normalized spacial score (nSPS) is 49.4. The van der Waals surface area contributed by atoms with Gasteiger partial charge in [-0.25, -0.2) is 0 Å². The maximum atomic E-state index is 11.8. The molecular formula is C27H47NO21. The molecule has 0 spiro atoms. The molecule has 0 bridgehead atoms. The molecule has 286 valence electrons. The number of hydrogen-bond acceptors (Lipinski definition) is 21. The SMILES string of the molecule is COC1OC(CO)C(OC2OC(CO)C(OC3OC(CO)C(O)C(OC4OC(CO)C(O)C(O)C4NC(C)=O)C3O)C(O)C2O)C(O)C1O. The average molecular weight is 722 g/mol. The minimum Gasteiger partial charge on any atom is -0.394 e. The minimum absolute atomic E-state index is 0.687. The summed E-state index contributed by atoms with van der Waals surface area (Å²) in [5.41, 5.74) is 0. The lowest BCUT2D eigenvalue weighted by Gasteiger charge is -2.49. The molecule has 0 aliphatic carbocycles. The lowest BCUT2D eigenvalue weighted by atomic mass is 9.95. The highest BCUT2D eigenvalue weighted by Gasteiger charge is 2.55. The fourth-order valence-corrected chi connectivity index (χ4v) is 6.13. The zero-order valence-corrected chi connectivity index (χ0v) is 26.4. The van der Waals surface area contributed by atoms with Gasteiger partial charge in [0, 0.05) is 14.0 Å². The molecule has 0 aromatic carbocycles. The van der Waals surface area contributed by atoms with Gasteiger partial charge in [0.25, 0.3) is 0 Å². The molecule has 22 nitrogen and oxygen atoms in total. The van der Waals surface area contributed by atoms with E-state index < -0.39 is 155 Å². The summed E-state index contributed by atoms with van der Waals surface area (Å²) in [6.45, 7) is -2.22. The molecule has 4 aliphatic heterocycles. The maximum Gasteiger partial charge on any atom is 0.217 e. The summed E-state index contributed by atoms with van der Waals surface area (Å²) in [6.07, 6.45) is -32.2. The van der Waals surface area contributed by atoms with E-state index in [1.165, 1.54) is 7.11 Å². The average Bonchev–Trinajstić information content (AvgIpc) is 3.08. The number of methoxy groups -OCH3 is 1. The van der Waals surface area contributed by atoms with E-state index in [9.17, 15) is 66.1 Å². The summed E-state index contributed by atoms with van der Waals surface area (Å²) in [5.74, 6) is -0.687. The van der Waals surface area contributed by atoms with Crippen LogP contribution in [-0.2, 0) is 42.7 Å². The molecule has 49 heavy (non-hydrogen) atoms. The number of carbonyl (C=O) groups is 1. The largest absolute Gasteiger partial charge is 0.394 e. The van der Waals surface area contributed by atoms with Gasteiger partial charge in [-0.2, -0.15) is 0 Å². The number of carbonyl (C=O) groups excluding carboxylic acids is 1. The minimum atomic E-state index is -2.01. The zero-order chi connectivity index (χ0) is 36.3. The molecular weight excluding hydrogens is 674 g/mol. The Morgan fingerprint density at radius 3 is 1.41 bits per heavy atom. The van der Waals surface area contributed by atoms with Gasteiger partial charge < -0.3 is 104 Å². The van der Waals surface area contributed by atoms with E-state index in [0.29, 0.717) is 0 Å². The molecule has 4 saturated heterocycles. The molecule has 0 aromatic heterocycles. The fourth-order valence-electron chi connectivity index (χ4n) is 6.13. The second kappa shape index (κ2) is 17.5. The smallest absolute Gasteiger partial charge is 0.217 e. The van der Waals surface area contributed by atoms with Crippen molar-refractivity contribution < 1.29 is 104 Å². The van der Waals surface area contributed by atoms with Crippen LogP contribution in [0.3, 0.4) is 0 Å². The molecule has 0 aromatic rings. The Balaban J connectivity index is 1.51. The van der Waals surface area contributed by atoms with Crippen LogP contribution in [0.4, 0.5) is 0 Å². The zero-order valence-electron chi connectivity index (χ0n) is 26.4. The van der Waals surface area contributed by atoms with Crippen LogP contribution in [0.5, 0.6) is 0 Å². The van der Waals surface area contributed by atoms with E-state index in [2.05, 4.69) is 5.32 Å². The molecule has 22 heteroatoms. The fraction of sp³-hybridized carbons (Fsp3) is 0.963. The highest BCUT2D eigenvalue weighted by Crippen LogP contribution is 2.34. The molecule has 1 amide bonds.